The molecule has 2 fully saturated rings. The fourth-order valence-corrected chi connectivity index (χ4v) is 4.74. The van der Waals surface area contributed by atoms with E-state index in [1.807, 2.05) is 0 Å². The van der Waals surface area contributed by atoms with Crippen LogP contribution in [-0.4, -0.2) is 99.3 Å². The summed E-state index contributed by atoms with van der Waals surface area (Å²) in [6.07, 6.45) is 0.0166. The van der Waals surface area contributed by atoms with Crippen LogP contribution in [0.15, 0.2) is 24.3 Å². The number of carboxylic acids is 2. The molecule has 2 aromatic rings. The number of ether oxygens (including phenoxy) is 2. The van der Waals surface area contributed by atoms with Crippen LogP contribution in [0.2, 0.25) is 0 Å². The number of halogens is 1. The number of carbonyl (C=O) groups is 5. The molecule has 13 nitrogen and oxygen atoms in total. The van der Waals surface area contributed by atoms with Crippen LogP contribution in [0.25, 0.3) is 10.9 Å². The van der Waals surface area contributed by atoms with Crippen molar-refractivity contribution in [1.82, 2.24) is 20.1 Å². The number of aromatic nitrogens is 1. The van der Waals surface area contributed by atoms with Gasteiger partial charge in [-0.1, -0.05) is 0 Å². The molecule has 2 aliphatic rings. The maximum absolute atomic E-state index is 14.0. The van der Waals surface area contributed by atoms with Gasteiger partial charge in [-0.05, 0) is 44.7 Å². The summed E-state index contributed by atoms with van der Waals surface area (Å²) in [7, 11) is 0. The second kappa shape index (κ2) is 12.4. The van der Waals surface area contributed by atoms with Gasteiger partial charge in [0.05, 0.1) is 12.1 Å². The SMILES string of the molecule is CCOC(=O)N1CCN(C(=O)C(CCC(=O)O)NC(=O)c2cc(OC3(C(=O)O)CCC3)c3ccc(F)cc3n2)CC1. The second-order valence-corrected chi connectivity index (χ2v) is 9.89. The Morgan fingerprint density at radius 1 is 1.07 bits per heavy atom. The standard InChI is InChI=1S/C27H31FN4O9/c1-2-40-26(39)32-12-10-31(11-13-32)24(36)18(6-7-22(33)34)30-23(35)20-15-21(41-27(25(37)38)8-3-9-27)17-5-4-16(28)14-19(17)29-20/h4-5,14-15,18H,2-3,6-13H2,1H3,(H,30,35)(H,33,34)(H,37,38). The zero-order valence-electron chi connectivity index (χ0n) is 22.4. The average Bonchev–Trinajstić information content (AvgIpc) is 2.91. The van der Waals surface area contributed by atoms with Gasteiger partial charge >= 0.3 is 18.0 Å². The molecule has 3 N–H and O–H groups in total. The number of carbonyl (C=O) groups excluding carboxylic acids is 3. The molecule has 1 saturated heterocycles. The molecule has 0 spiro atoms. The minimum atomic E-state index is -1.48. The summed E-state index contributed by atoms with van der Waals surface area (Å²) < 4.78 is 24.9. The number of hydrogen-bond acceptors (Lipinski definition) is 8. The van der Waals surface area contributed by atoms with Crippen LogP contribution >= 0.6 is 0 Å². The maximum atomic E-state index is 14.0. The third-order valence-electron chi connectivity index (χ3n) is 7.19. The van der Waals surface area contributed by atoms with Gasteiger partial charge in [-0.25, -0.2) is 19.0 Å². The molecule has 41 heavy (non-hydrogen) atoms. The second-order valence-electron chi connectivity index (χ2n) is 9.89. The highest BCUT2D eigenvalue weighted by molar-refractivity contribution is 5.99. The van der Waals surface area contributed by atoms with Gasteiger partial charge in [-0.15, -0.1) is 0 Å². The quantitative estimate of drug-likeness (QED) is 0.381. The molecule has 1 aliphatic heterocycles. The Morgan fingerprint density at radius 2 is 1.76 bits per heavy atom. The normalized spacial score (nSPS) is 16.8. The number of amides is 3. The van der Waals surface area contributed by atoms with Crippen LogP contribution in [0.4, 0.5) is 9.18 Å². The number of carboxylic acid groups (broad SMARTS) is 2. The number of fused-ring (bicyclic) bond motifs is 1. The van der Waals surface area contributed by atoms with E-state index in [9.17, 15) is 38.6 Å². The first-order valence-corrected chi connectivity index (χ1v) is 13.3. The highest BCUT2D eigenvalue weighted by Crippen LogP contribution is 2.39. The predicted octanol–water partition coefficient (Wildman–Crippen LogP) is 2.02. The van der Waals surface area contributed by atoms with Crippen molar-refractivity contribution in [3.05, 3.63) is 35.8 Å². The van der Waals surface area contributed by atoms with Gasteiger partial charge in [-0.2, -0.15) is 0 Å². The van der Waals surface area contributed by atoms with Gasteiger partial charge < -0.3 is 34.8 Å². The molecule has 2 heterocycles. The van der Waals surface area contributed by atoms with Gasteiger partial charge in [-0.3, -0.25) is 14.4 Å². The van der Waals surface area contributed by atoms with Crippen LogP contribution in [0.3, 0.4) is 0 Å². The Labute approximate surface area is 234 Å². The molecule has 0 radical (unpaired) electrons. The largest absolute Gasteiger partial charge is 0.481 e. The lowest BCUT2D eigenvalue weighted by molar-refractivity contribution is -0.163. The van der Waals surface area contributed by atoms with Gasteiger partial charge in [0.25, 0.3) is 5.91 Å². The van der Waals surface area contributed by atoms with Crippen molar-refractivity contribution in [2.24, 2.45) is 0 Å². The molecule has 1 aromatic carbocycles. The highest BCUT2D eigenvalue weighted by atomic mass is 19.1. The fraction of sp³-hybridized carbons (Fsp3) is 0.481. The first-order chi connectivity index (χ1) is 19.5. The van der Waals surface area contributed by atoms with Crippen molar-refractivity contribution < 1.29 is 48.0 Å². The van der Waals surface area contributed by atoms with Gasteiger partial charge in [0.1, 0.15) is 23.3 Å². The smallest absolute Gasteiger partial charge is 0.409 e. The highest BCUT2D eigenvalue weighted by Gasteiger charge is 2.47. The summed E-state index contributed by atoms with van der Waals surface area (Å²) in [6, 6.07) is 3.60. The number of piperazine rings is 1. The van der Waals surface area contributed by atoms with Crippen LogP contribution in [0.5, 0.6) is 5.75 Å². The van der Waals surface area contributed by atoms with E-state index in [0.29, 0.717) is 11.8 Å². The Balaban J connectivity index is 1.56. The van der Waals surface area contributed by atoms with Crippen LogP contribution < -0.4 is 10.1 Å². The topological polar surface area (TPSA) is 176 Å². The molecule has 3 amide bonds. The monoisotopic (exact) mass is 574 g/mol. The van der Waals surface area contributed by atoms with Crippen molar-refractivity contribution in [2.75, 3.05) is 32.8 Å². The molecule has 14 heteroatoms. The van der Waals surface area contributed by atoms with E-state index in [2.05, 4.69) is 10.3 Å². The van der Waals surface area contributed by atoms with Crippen LogP contribution in [0.1, 0.15) is 49.5 Å². The lowest BCUT2D eigenvalue weighted by Gasteiger charge is -2.38. The average molecular weight is 575 g/mol. The summed E-state index contributed by atoms with van der Waals surface area (Å²) in [4.78, 5) is 68.9. The minimum Gasteiger partial charge on any atom is -0.481 e. The number of hydrogen-bond donors (Lipinski definition) is 3. The molecule has 4 rings (SSSR count). The Hall–Kier alpha value is -4.49. The lowest BCUT2D eigenvalue weighted by Crippen LogP contribution is -2.56. The van der Waals surface area contributed by atoms with E-state index in [4.69, 9.17) is 9.47 Å². The number of aliphatic carboxylic acids is 2. The summed E-state index contributed by atoms with van der Waals surface area (Å²) in [6.45, 7) is 2.60. The van der Waals surface area contributed by atoms with Crippen molar-refractivity contribution in [1.29, 1.82) is 0 Å². The predicted molar refractivity (Wildman–Crippen MR) is 140 cm³/mol. The first kappa shape index (κ1) is 29.5. The lowest BCUT2D eigenvalue weighted by atomic mass is 9.80. The zero-order chi connectivity index (χ0) is 29.7. The van der Waals surface area contributed by atoms with Gasteiger partial charge in [0.15, 0.2) is 0 Å². The number of pyridine rings is 1. The molecule has 1 aromatic heterocycles. The molecule has 1 aliphatic carbocycles. The molecule has 1 saturated carbocycles. The molecular weight excluding hydrogens is 543 g/mol. The summed E-state index contributed by atoms with van der Waals surface area (Å²) in [5.74, 6) is -4.34. The number of rotatable bonds is 10. The van der Waals surface area contributed by atoms with Crippen molar-refractivity contribution in [3.63, 3.8) is 0 Å². The van der Waals surface area contributed by atoms with E-state index < -0.39 is 53.7 Å². The third-order valence-corrected chi connectivity index (χ3v) is 7.19. The Bertz CT molecular complexity index is 1360. The molecular formula is C27H31FN4O9. The minimum absolute atomic E-state index is 0.0192. The summed E-state index contributed by atoms with van der Waals surface area (Å²) in [5, 5.41) is 21.8. The maximum Gasteiger partial charge on any atom is 0.409 e. The zero-order valence-corrected chi connectivity index (χ0v) is 22.4. The molecule has 220 valence electrons. The Morgan fingerprint density at radius 3 is 2.34 bits per heavy atom. The van der Waals surface area contributed by atoms with Crippen molar-refractivity contribution in [2.45, 2.75) is 50.7 Å². The van der Waals surface area contributed by atoms with Crippen LogP contribution in [-0.2, 0) is 19.1 Å². The van der Waals surface area contributed by atoms with Crippen molar-refractivity contribution in [3.8, 4) is 5.75 Å². The summed E-state index contributed by atoms with van der Waals surface area (Å²) >= 11 is 0. The fourth-order valence-electron chi connectivity index (χ4n) is 4.74. The Kier molecular flexibility index (Phi) is 8.89. The molecule has 0 bridgehead atoms. The van der Waals surface area contributed by atoms with E-state index in [-0.39, 0.29) is 69.0 Å². The van der Waals surface area contributed by atoms with Crippen LogP contribution in [0, 0.1) is 5.82 Å². The van der Waals surface area contributed by atoms with E-state index in [1.165, 1.54) is 21.9 Å². The number of nitrogens with zero attached hydrogens (tertiary/aromatic N) is 3. The number of nitrogens with one attached hydrogen (secondary N) is 1. The molecule has 1 unspecified atom stereocenters. The van der Waals surface area contributed by atoms with E-state index >= 15 is 0 Å². The summed E-state index contributed by atoms with van der Waals surface area (Å²) in [5.41, 5.74) is -1.71. The van der Waals surface area contributed by atoms with Gasteiger partial charge in [0, 0.05) is 50.1 Å². The number of benzene rings is 1. The van der Waals surface area contributed by atoms with E-state index in [1.54, 1.807) is 6.92 Å². The first-order valence-electron chi connectivity index (χ1n) is 13.3. The van der Waals surface area contributed by atoms with Crippen molar-refractivity contribution >= 4 is 40.7 Å². The third kappa shape index (κ3) is 6.64. The molecule has 1 atom stereocenters. The van der Waals surface area contributed by atoms with E-state index in [0.717, 1.165) is 12.1 Å². The van der Waals surface area contributed by atoms with Gasteiger partial charge in [0.2, 0.25) is 11.5 Å².